The molecule has 1 saturated heterocycles. The highest BCUT2D eigenvalue weighted by Gasteiger charge is 2.21. The van der Waals surface area contributed by atoms with Crippen molar-refractivity contribution in [2.75, 3.05) is 26.3 Å². The van der Waals surface area contributed by atoms with Gasteiger partial charge in [-0.05, 0) is 24.6 Å². The minimum Gasteiger partial charge on any atom is -0.378 e. The lowest BCUT2D eigenvalue weighted by Gasteiger charge is -2.29. The van der Waals surface area contributed by atoms with Crippen molar-refractivity contribution < 1.29 is 13.9 Å². The molecular formula is C15H18FN3O2. The van der Waals surface area contributed by atoms with Gasteiger partial charge < -0.3 is 15.0 Å². The minimum absolute atomic E-state index is 0.0152. The number of nitriles is 1. The molecule has 0 aromatic heterocycles. The molecule has 1 aromatic carbocycles. The Morgan fingerprint density at radius 1 is 1.52 bits per heavy atom. The quantitative estimate of drug-likeness (QED) is 0.900. The summed E-state index contributed by atoms with van der Waals surface area (Å²) in [6.45, 7) is 4.57. The number of hydrogen-bond acceptors (Lipinski definition) is 4. The van der Waals surface area contributed by atoms with E-state index >= 15 is 0 Å². The zero-order valence-electron chi connectivity index (χ0n) is 11.9. The molecule has 1 amide bonds. The molecule has 0 bridgehead atoms. The van der Waals surface area contributed by atoms with Crippen LogP contribution in [0.25, 0.3) is 0 Å². The number of carbonyl (C=O) groups is 1. The number of carbonyl (C=O) groups excluding carboxylic acids is 1. The van der Waals surface area contributed by atoms with Crippen LogP contribution in [0.15, 0.2) is 18.2 Å². The molecule has 2 rings (SSSR count). The second-order valence-corrected chi connectivity index (χ2v) is 4.97. The molecular weight excluding hydrogens is 273 g/mol. The van der Waals surface area contributed by atoms with Gasteiger partial charge in [0, 0.05) is 19.6 Å². The fraction of sp³-hybridized carbons (Fsp3) is 0.467. The lowest BCUT2D eigenvalue weighted by molar-refractivity contribution is -0.137. The number of halogens is 1. The van der Waals surface area contributed by atoms with E-state index in [1.165, 1.54) is 12.1 Å². The van der Waals surface area contributed by atoms with Crippen LogP contribution in [0.5, 0.6) is 0 Å². The number of amides is 1. The Labute approximate surface area is 123 Å². The largest absolute Gasteiger partial charge is 0.378 e. The van der Waals surface area contributed by atoms with Crippen molar-refractivity contribution in [1.82, 2.24) is 10.2 Å². The van der Waals surface area contributed by atoms with Crippen molar-refractivity contribution in [2.24, 2.45) is 0 Å². The molecule has 1 unspecified atom stereocenters. The monoisotopic (exact) mass is 291 g/mol. The van der Waals surface area contributed by atoms with Gasteiger partial charge in [-0.15, -0.1) is 0 Å². The van der Waals surface area contributed by atoms with Gasteiger partial charge in [-0.3, -0.25) is 4.79 Å². The first-order chi connectivity index (χ1) is 10.1. The molecule has 0 spiro atoms. The molecule has 0 saturated carbocycles. The highest BCUT2D eigenvalue weighted by Crippen LogP contribution is 2.10. The predicted molar refractivity (Wildman–Crippen MR) is 74.8 cm³/mol. The summed E-state index contributed by atoms with van der Waals surface area (Å²) < 4.78 is 18.4. The molecule has 112 valence electrons. The summed E-state index contributed by atoms with van der Waals surface area (Å²) in [6.07, 6.45) is 0. The van der Waals surface area contributed by atoms with E-state index in [0.29, 0.717) is 32.8 Å². The number of morpholine rings is 1. The Morgan fingerprint density at radius 3 is 2.90 bits per heavy atom. The molecule has 1 aromatic rings. The number of ether oxygens (including phenoxy) is 1. The van der Waals surface area contributed by atoms with E-state index in [1.807, 2.05) is 0 Å². The van der Waals surface area contributed by atoms with Gasteiger partial charge in [0.1, 0.15) is 11.9 Å². The zero-order chi connectivity index (χ0) is 15.2. The van der Waals surface area contributed by atoms with Crippen molar-refractivity contribution in [3.8, 4) is 6.07 Å². The Hall–Kier alpha value is -1.97. The number of rotatable bonds is 4. The number of benzene rings is 1. The van der Waals surface area contributed by atoms with Crippen LogP contribution in [0.2, 0.25) is 0 Å². The van der Waals surface area contributed by atoms with Crippen molar-refractivity contribution in [3.63, 3.8) is 0 Å². The summed E-state index contributed by atoms with van der Waals surface area (Å²) in [4.78, 5) is 14.0. The fourth-order valence-corrected chi connectivity index (χ4v) is 2.18. The zero-order valence-corrected chi connectivity index (χ0v) is 11.9. The van der Waals surface area contributed by atoms with Crippen LogP contribution in [-0.4, -0.2) is 43.2 Å². The molecule has 1 aliphatic heterocycles. The molecule has 5 nitrogen and oxygen atoms in total. The Kier molecular flexibility index (Phi) is 5.26. The third kappa shape index (κ3) is 4.00. The lowest BCUT2D eigenvalue weighted by atomic mass is 10.1. The predicted octanol–water partition coefficient (Wildman–Crippen LogP) is 1.03. The lowest BCUT2D eigenvalue weighted by Crippen LogP contribution is -2.49. The molecule has 1 fully saturated rings. The Balaban J connectivity index is 1.90. The van der Waals surface area contributed by atoms with Crippen molar-refractivity contribution >= 4 is 5.91 Å². The van der Waals surface area contributed by atoms with Crippen LogP contribution >= 0.6 is 0 Å². The van der Waals surface area contributed by atoms with Crippen molar-refractivity contribution in [2.45, 2.75) is 19.5 Å². The minimum atomic E-state index is -0.529. The SMILES string of the molecule is CC(NCc1ccc(F)c(C#N)c1)C(=O)N1CCOCC1. The summed E-state index contributed by atoms with van der Waals surface area (Å²) in [6, 6.07) is 5.84. The summed E-state index contributed by atoms with van der Waals surface area (Å²) in [5.41, 5.74) is 0.788. The van der Waals surface area contributed by atoms with Crippen LogP contribution in [0, 0.1) is 17.1 Å². The fourth-order valence-electron chi connectivity index (χ4n) is 2.18. The first-order valence-corrected chi connectivity index (χ1v) is 6.90. The third-order valence-electron chi connectivity index (χ3n) is 3.46. The van der Waals surface area contributed by atoms with E-state index in [-0.39, 0.29) is 17.5 Å². The van der Waals surface area contributed by atoms with E-state index in [2.05, 4.69) is 5.32 Å². The second kappa shape index (κ2) is 7.16. The molecule has 1 heterocycles. The molecule has 6 heteroatoms. The van der Waals surface area contributed by atoms with Crippen LogP contribution in [0.4, 0.5) is 4.39 Å². The summed E-state index contributed by atoms with van der Waals surface area (Å²) in [5, 5.41) is 11.9. The normalized spacial score (nSPS) is 16.3. The first-order valence-electron chi connectivity index (χ1n) is 6.90. The number of nitrogens with one attached hydrogen (secondary N) is 1. The standard InChI is InChI=1S/C15H18FN3O2/c1-11(15(20)19-4-6-21-7-5-19)18-10-12-2-3-14(16)13(8-12)9-17/h2-3,8,11,18H,4-7,10H2,1H3. The van der Waals surface area contributed by atoms with Crippen LogP contribution in [-0.2, 0) is 16.1 Å². The molecule has 1 atom stereocenters. The maximum atomic E-state index is 13.2. The molecule has 1 N–H and O–H groups in total. The van der Waals surface area contributed by atoms with Gasteiger partial charge in [-0.1, -0.05) is 6.07 Å². The third-order valence-corrected chi connectivity index (χ3v) is 3.46. The van der Waals surface area contributed by atoms with Crippen LogP contribution in [0.1, 0.15) is 18.1 Å². The summed E-state index contributed by atoms with van der Waals surface area (Å²) >= 11 is 0. The van der Waals surface area contributed by atoms with E-state index < -0.39 is 5.82 Å². The smallest absolute Gasteiger partial charge is 0.239 e. The maximum Gasteiger partial charge on any atom is 0.239 e. The van der Waals surface area contributed by atoms with Gasteiger partial charge in [-0.2, -0.15) is 5.26 Å². The van der Waals surface area contributed by atoms with Crippen LogP contribution < -0.4 is 5.32 Å². The van der Waals surface area contributed by atoms with Gasteiger partial charge in [0.25, 0.3) is 0 Å². The topological polar surface area (TPSA) is 65.4 Å². The first kappa shape index (κ1) is 15.4. The van der Waals surface area contributed by atoms with Gasteiger partial charge >= 0.3 is 0 Å². The molecule has 0 radical (unpaired) electrons. The molecule has 21 heavy (non-hydrogen) atoms. The van der Waals surface area contributed by atoms with E-state index in [1.54, 1.807) is 24.0 Å². The molecule has 1 aliphatic rings. The Bertz CT molecular complexity index is 550. The average molecular weight is 291 g/mol. The Morgan fingerprint density at radius 2 is 2.24 bits per heavy atom. The van der Waals surface area contributed by atoms with Gasteiger partial charge in [-0.25, -0.2) is 4.39 Å². The van der Waals surface area contributed by atoms with Gasteiger partial charge in [0.05, 0.1) is 24.8 Å². The number of nitrogens with zero attached hydrogens (tertiary/aromatic N) is 2. The van der Waals surface area contributed by atoms with Crippen molar-refractivity contribution in [1.29, 1.82) is 5.26 Å². The van der Waals surface area contributed by atoms with Crippen molar-refractivity contribution in [3.05, 3.63) is 35.1 Å². The molecule has 0 aliphatic carbocycles. The van der Waals surface area contributed by atoms with Crippen LogP contribution in [0.3, 0.4) is 0 Å². The van der Waals surface area contributed by atoms with E-state index in [0.717, 1.165) is 5.56 Å². The van der Waals surface area contributed by atoms with Gasteiger partial charge in [0.15, 0.2) is 0 Å². The number of hydrogen-bond donors (Lipinski definition) is 1. The average Bonchev–Trinajstić information content (AvgIpc) is 2.53. The summed E-state index contributed by atoms with van der Waals surface area (Å²) in [7, 11) is 0. The maximum absolute atomic E-state index is 13.2. The van der Waals surface area contributed by atoms with Gasteiger partial charge in [0.2, 0.25) is 5.91 Å². The highest BCUT2D eigenvalue weighted by molar-refractivity contribution is 5.81. The highest BCUT2D eigenvalue weighted by atomic mass is 19.1. The second-order valence-electron chi connectivity index (χ2n) is 4.97. The summed E-state index contributed by atoms with van der Waals surface area (Å²) in [5.74, 6) is -0.500. The van der Waals surface area contributed by atoms with E-state index in [9.17, 15) is 9.18 Å². The van der Waals surface area contributed by atoms with E-state index in [4.69, 9.17) is 10.00 Å².